The minimum atomic E-state index is -0.666. The van der Waals surface area contributed by atoms with Crippen molar-refractivity contribution in [2.24, 2.45) is 5.73 Å². The van der Waals surface area contributed by atoms with Gasteiger partial charge in [0.15, 0.2) is 0 Å². The van der Waals surface area contributed by atoms with Gasteiger partial charge >= 0.3 is 0 Å². The van der Waals surface area contributed by atoms with Crippen LogP contribution in [0.1, 0.15) is 40.4 Å². The molecule has 1 aliphatic rings. The van der Waals surface area contributed by atoms with E-state index in [0.29, 0.717) is 5.69 Å². The van der Waals surface area contributed by atoms with Crippen molar-refractivity contribution in [2.45, 2.75) is 25.8 Å². The average Bonchev–Trinajstić information content (AvgIpc) is 3.04. The minimum absolute atomic E-state index is 0.0784. The Kier molecular flexibility index (Phi) is 4.20. The highest BCUT2D eigenvalue weighted by Gasteiger charge is 2.31. The predicted octanol–water partition coefficient (Wildman–Crippen LogP) is 3.34. The number of benzene rings is 2. The molecule has 1 atom stereocenters. The second-order valence-electron chi connectivity index (χ2n) is 6.09. The van der Waals surface area contributed by atoms with E-state index >= 15 is 0 Å². The maximum atomic E-state index is 11.5. The smallest absolute Gasteiger partial charge is 0.293 e. The Hall–Kier alpha value is -2.89. The first kappa shape index (κ1) is 16.0. The van der Waals surface area contributed by atoms with Gasteiger partial charge < -0.3 is 10.6 Å². The zero-order chi connectivity index (χ0) is 17.3. The summed E-state index contributed by atoms with van der Waals surface area (Å²) in [5.74, 6) is -0.666. The molecule has 1 saturated heterocycles. The third-order valence-electron chi connectivity index (χ3n) is 4.48. The molecule has 6 heteroatoms. The first-order valence-electron chi connectivity index (χ1n) is 7.89. The lowest BCUT2D eigenvalue weighted by atomic mass is 10.0. The minimum Gasteiger partial charge on any atom is -0.366 e. The largest absolute Gasteiger partial charge is 0.366 e. The third kappa shape index (κ3) is 2.95. The van der Waals surface area contributed by atoms with Crippen LogP contribution in [0.25, 0.3) is 0 Å². The maximum Gasteiger partial charge on any atom is 0.293 e. The van der Waals surface area contributed by atoms with E-state index in [4.69, 9.17) is 5.73 Å². The summed E-state index contributed by atoms with van der Waals surface area (Å²) in [4.78, 5) is 24.4. The molecule has 2 aromatic carbocycles. The average molecular weight is 325 g/mol. The number of hydrogen-bond acceptors (Lipinski definition) is 4. The number of nitrogens with two attached hydrogens (primary N) is 1. The molecule has 0 bridgehead atoms. The van der Waals surface area contributed by atoms with Crippen molar-refractivity contribution >= 4 is 17.3 Å². The summed E-state index contributed by atoms with van der Waals surface area (Å²) in [6.45, 7) is 2.78. The highest BCUT2D eigenvalue weighted by atomic mass is 16.6. The monoisotopic (exact) mass is 325 g/mol. The number of amides is 1. The van der Waals surface area contributed by atoms with Gasteiger partial charge in [-0.2, -0.15) is 0 Å². The normalized spacial score (nSPS) is 17.0. The Morgan fingerprint density at radius 1 is 1.25 bits per heavy atom. The summed E-state index contributed by atoms with van der Waals surface area (Å²) < 4.78 is 0. The Bertz CT molecular complexity index is 787. The van der Waals surface area contributed by atoms with E-state index in [0.717, 1.165) is 24.9 Å². The highest BCUT2D eigenvalue weighted by molar-refractivity contribution is 5.94. The van der Waals surface area contributed by atoms with Gasteiger partial charge in [-0.05, 0) is 37.5 Å². The van der Waals surface area contributed by atoms with Gasteiger partial charge in [0.1, 0.15) is 5.69 Å². The molecule has 0 unspecified atom stereocenters. The summed E-state index contributed by atoms with van der Waals surface area (Å²) in [6, 6.07) is 12.8. The molecule has 6 nitrogen and oxygen atoms in total. The summed E-state index contributed by atoms with van der Waals surface area (Å²) in [6.07, 6.45) is 1.91. The van der Waals surface area contributed by atoms with Crippen LogP contribution < -0.4 is 10.6 Å². The van der Waals surface area contributed by atoms with E-state index in [9.17, 15) is 14.9 Å². The SMILES string of the molecule is Cc1ccc([C@H]2CCCN2c2ccc(C(N)=O)cc2[N+](=O)[O-])cc1. The fourth-order valence-corrected chi connectivity index (χ4v) is 3.26. The van der Waals surface area contributed by atoms with Crippen LogP contribution in [0.3, 0.4) is 0 Å². The van der Waals surface area contributed by atoms with Crippen molar-refractivity contribution in [1.82, 2.24) is 0 Å². The molecular weight excluding hydrogens is 306 g/mol. The number of primary amides is 1. The van der Waals surface area contributed by atoms with Crippen LogP contribution in [0.2, 0.25) is 0 Å². The second-order valence-corrected chi connectivity index (χ2v) is 6.09. The fourth-order valence-electron chi connectivity index (χ4n) is 3.26. The van der Waals surface area contributed by atoms with Crippen molar-refractivity contribution in [3.8, 4) is 0 Å². The summed E-state index contributed by atoms with van der Waals surface area (Å²) in [7, 11) is 0. The van der Waals surface area contributed by atoms with E-state index in [-0.39, 0.29) is 17.3 Å². The number of nitrogens with zero attached hydrogens (tertiary/aromatic N) is 2. The lowest BCUT2D eigenvalue weighted by molar-refractivity contribution is -0.384. The van der Waals surface area contributed by atoms with Crippen LogP contribution >= 0.6 is 0 Å². The van der Waals surface area contributed by atoms with Crippen molar-refractivity contribution in [3.05, 3.63) is 69.3 Å². The van der Waals surface area contributed by atoms with Gasteiger partial charge in [-0.25, -0.2) is 0 Å². The standard InChI is InChI=1S/C18H19N3O3/c1-12-4-6-13(7-5-12)15-3-2-10-20(15)16-9-8-14(18(19)22)11-17(16)21(23)24/h4-9,11,15H,2-3,10H2,1H3,(H2,19,22)/t15-/m1/s1. The van der Waals surface area contributed by atoms with E-state index in [1.807, 2.05) is 11.8 Å². The molecular formula is C18H19N3O3. The molecule has 0 radical (unpaired) electrons. The van der Waals surface area contributed by atoms with Gasteiger partial charge in [0.25, 0.3) is 5.69 Å². The molecule has 1 fully saturated rings. The molecule has 0 saturated carbocycles. The number of nitro benzene ring substituents is 1. The predicted molar refractivity (Wildman–Crippen MR) is 92.1 cm³/mol. The van der Waals surface area contributed by atoms with Crippen LogP contribution in [0.5, 0.6) is 0 Å². The number of rotatable bonds is 4. The zero-order valence-corrected chi connectivity index (χ0v) is 13.4. The molecule has 124 valence electrons. The summed E-state index contributed by atoms with van der Waals surface area (Å²) >= 11 is 0. The fraction of sp³-hybridized carbons (Fsp3) is 0.278. The van der Waals surface area contributed by atoms with Crippen LogP contribution in [-0.4, -0.2) is 17.4 Å². The van der Waals surface area contributed by atoms with Crippen LogP contribution in [0.15, 0.2) is 42.5 Å². The van der Waals surface area contributed by atoms with Gasteiger partial charge in [-0.15, -0.1) is 0 Å². The number of anilines is 1. The second kappa shape index (κ2) is 6.31. The van der Waals surface area contributed by atoms with E-state index < -0.39 is 10.8 Å². The topological polar surface area (TPSA) is 89.5 Å². The van der Waals surface area contributed by atoms with Gasteiger partial charge in [0.2, 0.25) is 5.91 Å². The molecule has 1 heterocycles. The van der Waals surface area contributed by atoms with Crippen molar-refractivity contribution < 1.29 is 9.72 Å². The van der Waals surface area contributed by atoms with Gasteiger partial charge in [-0.3, -0.25) is 14.9 Å². The van der Waals surface area contributed by atoms with Gasteiger partial charge in [0, 0.05) is 18.2 Å². The Labute approximate surface area is 140 Å². The molecule has 24 heavy (non-hydrogen) atoms. The Balaban J connectivity index is 2.02. The maximum absolute atomic E-state index is 11.5. The number of carbonyl (C=O) groups is 1. The molecule has 1 amide bonds. The molecule has 0 aliphatic carbocycles. The lowest BCUT2D eigenvalue weighted by Gasteiger charge is -2.27. The van der Waals surface area contributed by atoms with E-state index in [2.05, 4.69) is 24.3 Å². The van der Waals surface area contributed by atoms with E-state index in [1.54, 1.807) is 12.1 Å². The number of nitro groups is 1. The molecule has 0 spiro atoms. The quantitative estimate of drug-likeness (QED) is 0.689. The highest BCUT2D eigenvalue weighted by Crippen LogP contribution is 2.40. The first-order chi connectivity index (χ1) is 11.5. The Morgan fingerprint density at radius 2 is 1.96 bits per heavy atom. The van der Waals surface area contributed by atoms with Gasteiger partial charge in [0.05, 0.1) is 11.0 Å². The van der Waals surface area contributed by atoms with E-state index in [1.165, 1.54) is 11.6 Å². The van der Waals surface area contributed by atoms with Crippen molar-refractivity contribution in [3.63, 3.8) is 0 Å². The third-order valence-corrected chi connectivity index (χ3v) is 4.48. The molecule has 1 aliphatic heterocycles. The summed E-state index contributed by atoms with van der Waals surface area (Å²) in [5, 5.41) is 11.5. The number of carbonyl (C=O) groups excluding carboxylic acids is 1. The summed E-state index contributed by atoms with van der Waals surface area (Å²) in [5.41, 5.74) is 8.18. The van der Waals surface area contributed by atoms with Crippen LogP contribution in [0.4, 0.5) is 11.4 Å². The molecule has 2 aromatic rings. The van der Waals surface area contributed by atoms with Gasteiger partial charge in [-0.1, -0.05) is 29.8 Å². The van der Waals surface area contributed by atoms with Crippen LogP contribution in [0, 0.1) is 17.0 Å². The van der Waals surface area contributed by atoms with Crippen LogP contribution in [-0.2, 0) is 0 Å². The number of aryl methyl sites for hydroxylation is 1. The first-order valence-corrected chi connectivity index (χ1v) is 7.89. The molecule has 0 aromatic heterocycles. The molecule has 3 rings (SSSR count). The lowest BCUT2D eigenvalue weighted by Crippen LogP contribution is -2.24. The Morgan fingerprint density at radius 3 is 2.58 bits per heavy atom. The van der Waals surface area contributed by atoms with Crippen molar-refractivity contribution in [2.75, 3.05) is 11.4 Å². The van der Waals surface area contributed by atoms with Crippen molar-refractivity contribution in [1.29, 1.82) is 0 Å². The zero-order valence-electron chi connectivity index (χ0n) is 13.4. The molecule has 2 N–H and O–H groups in total. The number of hydrogen-bond donors (Lipinski definition) is 1.